The fourth-order valence-corrected chi connectivity index (χ4v) is 0.791. The van der Waals surface area contributed by atoms with Crippen molar-refractivity contribution in [3.05, 3.63) is 17.8 Å². The van der Waals surface area contributed by atoms with Crippen molar-refractivity contribution in [2.24, 2.45) is 0 Å². The van der Waals surface area contributed by atoms with E-state index in [2.05, 4.69) is 10.3 Å². The van der Waals surface area contributed by atoms with Gasteiger partial charge in [0.1, 0.15) is 5.76 Å². The molecule has 0 radical (unpaired) electrons. The quantitative estimate of drug-likeness (QED) is 0.752. The Balaban J connectivity index is 2.29. The Morgan fingerprint density at radius 2 is 2.42 bits per heavy atom. The van der Waals surface area contributed by atoms with Crippen molar-refractivity contribution in [1.82, 2.24) is 10.3 Å². The number of alkyl halides is 2. The average molecular weight is 176 g/mol. The average Bonchev–Trinajstić information content (AvgIpc) is 2.36. The number of rotatable bonds is 4. The third kappa shape index (κ3) is 2.58. The molecule has 3 nitrogen and oxygen atoms in total. The molecule has 1 aromatic heterocycles. The van der Waals surface area contributed by atoms with Gasteiger partial charge in [-0.25, -0.2) is 13.8 Å². The highest BCUT2D eigenvalue weighted by molar-refractivity contribution is 5.03. The van der Waals surface area contributed by atoms with Gasteiger partial charge in [0.25, 0.3) is 6.43 Å². The normalized spacial score (nSPS) is 11.0. The van der Waals surface area contributed by atoms with Crippen LogP contribution in [0.4, 0.5) is 8.78 Å². The van der Waals surface area contributed by atoms with Gasteiger partial charge in [-0.15, -0.1) is 0 Å². The predicted molar refractivity (Wildman–Crippen MR) is 39.0 cm³/mol. The third-order valence-electron chi connectivity index (χ3n) is 1.43. The van der Waals surface area contributed by atoms with Crippen LogP contribution in [0.3, 0.4) is 0 Å². The molecule has 0 saturated heterocycles. The lowest BCUT2D eigenvalue weighted by molar-refractivity contribution is 0.144. The Morgan fingerprint density at radius 1 is 1.67 bits per heavy atom. The highest BCUT2D eigenvalue weighted by Gasteiger charge is 2.05. The molecule has 0 fully saturated rings. The topological polar surface area (TPSA) is 38.1 Å². The third-order valence-corrected chi connectivity index (χ3v) is 1.43. The van der Waals surface area contributed by atoms with Gasteiger partial charge in [0.05, 0.1) is 18.8 Å². The summed E-state index contributed by atoms with van der Waals surface area (Å²) in [5, 5.41) is 2.54. The van der Waals surface area contributed by atoms with Crippen molar-refractivity contribution in [3.8, 4) is 0 Å². The van der Waals surface area contributed by atoms with Gasteiger partial charge in [-0.3, -0.25) is 0 Å². The molecule has 12 heavy (non-hydrogen) atoms. The van der Waals surface area contributed by atoms with Crippen LogP contribution < -0.4 is 5.32 Å². The van der Waals surface area contributed by atoms with E-state index in [0.29, 0.717) is 12.3 Å². The zero-order valence-corrected chi connectivity index (χ0v) is 6.68. The van der Waals surface area contributed by atoms with Crippen molar-refractivity contribution in [3.63, 3.8) is 0 Å². The molecule has 0 unspecified atom stereocenters. The maximum Gasteiger partial charge on any atom is 0.250 e. The van der Waals surface area contributed by atoms with E-state index in [-0.39, 0.29) is 6.54 Å². The first-order valence-electron chi connectivity index (χ1n) is 3.58. The fraction of sp³-hybridized carbons (Fsp3) is 0.571. The van der Waals surface area contributed by atoms with Crippen molar-refractivity contribution in [2.75, 3.05) is 6.54 Å². The molecule has 0 aliphatic rings. The molecule has 0 bridgehead atoms. The van der Waals surface area contributed by atoms with Crippen LogP contribution in [0.25, 0.3) is 0 Å². The predicted octanol–water partition coefficient (Wildman–Crippen LogP) is 1.34. The standard InChI is InChI=1S/C7H10F2N2O/c1-5-6(12-4-11-5)2-10-3-7(8)9/h4,7,10H,2-3H2,1H3. The van der Waals surface area contributed by atoms with E-state index < -0.39 is 6.43 Å². The van der Waals surface area contributed by atoms with E-state index in [1.807, 2.05) is 0 Å². The Morgan fingerprint density at radius 3 is 2.92 bits per heavy atom. The van der Waals surface area contributed by atoms with Gasteiger partial charge in [0.2, 0.25) is 0 Å². The van der Waals surface area contributed by atoms with Crippen LogP contribution in [0.2, 0.25) is 0 Å². The minimum atomic E-state index is -2.33. The van der Waals surface area contributed by atoms with Gasteiger partial charge in [0, 0.05) is 0 Å². The number of oxazole rings is 1. The number of nitrogens with one attached hydrogen (secondary N) is 1. The first-order chi connectivity index (χ1) is 5.70. The molecule has 0 atom stereocenters. The number of hydrogen-bond donors (Lipinski definition) is 1. The molecular formula is C7H10F2N2O. The van der Waals surface area contributed by atoms with Crippen LogP contribution in [-0.2, 0) is 6.54 Å². The zero-order chi connectivity index (χ0) is 8.97. The molecule has 0 spiro atoms. The molecule has 1 aromatic rings. The lowest BCUT2D eigenvalue weighted by Crippen LogP contribution is -2.20. The van der Waals surface area contributed by atoms with Crippen molar-refractivity contribution >= 4 is 0 Å². The van der Waals surface area contributed by atoms with Gasteiger partial charge >= 0.3 is 0 Å². The zero-order valence-electron chi connectivity index (χ0n) is 6.68. The minimum Gasteiger partial charge on any atom is -0.447 e. The van der Waals surface area contributed by atoms with E-state index >= 15 is 0 Å². The van der Waals surface area contributed by atoms with E-state index in [1.54, 1.807) is 6.92 Å². The molecule has 0 saturated carbocycles. The summed E-state index contributed by atoms with van der Waals surface area (Å²) in [5.74, 6) is 0.607. The lowest BCUT2D eigenvalue weighted by Gasteiger charge is -2.00. The molecule has 0 aliphatic heterocycles. The summed E-state index contributed by atoms with van der Waals surface area (Å²) < 4.78 is 28.2. The van der Waals surface area contributed by atoms with Crippen LogP contribution in [-0.4, -0.2) is 18.0 Å². The van der Waals surface area contributed by atoms with Crippen LogP contribution in [0.1, 0.15) is 11.5 Å². The van der Waals surface area contributed by atoms with E-state index in [1.165, 1.54) is 6.39 Å². The summed E-state index contributed by atoms with van der Waals surface area (Å²) in [5.41, 5.74) is 0.733. The summed E-state index contributed by atoms with van der Waals surface area (Å²) in [4.78, 5) is 3.82. The fourth-order valence-electron chi connectivity index (χ4n) is 0.791. The maximum atomic E-state index is 11.7. The molecular weight excluding hydrogens is 166 g/mol. The van der Waals surface area contributed by atoms with Crippen molar-refractivity contribution < 1.29 is 13.2 Å². The first kappa shape index (κ1) is 9.12. The molecule has 1 heterocycles. The Labute approximate surface area is 68.8 Å². The molecule has 68 valence electrons. The number of aromatic nitrogens is 1. The molecule has 1 rings (SSSR count). The van der Waals surface area contributed by atoms with Gasteiger partial charge in [-0.1, -0.05) is 0 Å². The van der Waals surface area contributed by atoms with Gasteiger partial charge < -0.3 is 9.73 Å². The number of halogens is 2. The second kappa shape index (κ2) is 4.15. The van der Waals surface area contributed by atoms with Gasteiger partial charge in [-0.2, -0.15) is 0 Å². The molecule has 0 amide bonds. The summed E-state index contributed by atoms with van der Waals surface area (Å²) in [6, 6.07) is 0. The van der Waals surface area contributed by atoms with Gasteiger partial charge in [0.15, 0.2) is 6.39 Å². The van der Waals surface area contributed by atoms with Crippen molar-refractivity contribution in [1.29, 1.82) is 0 Å². The molecule has 1 N–H and O–H groups in total. The van der Waals surface area contributed by atoms with Crippen LogP contribution in [0.15, 0.2) is 10.8 Å². The number of hydrogen-bond acceptors (Lipinski definition) is 3. The second-order valence-electron chi connectivity index (χ2n) is 2.38. The highest BCUT2D eigenvalue weighted by Crippen LogP contribution is 2.03. The van der Waals surface area contributed by atoms with Crippen LogP contribution in [0, 0.1) is 6.92 Å². The summed E-state index contributed by atoms with van der Waals surface area (Å²) in [7, 11) is 0. The largest absolute Gasteiger partial charge is 0.447 e. The monoisotopic (exact) mass is 176 g/mol. The smallest absolute Gasteiger partial charge is 0.250 e. The van der Waals surface area contributed by atoms with E-state index in [9.17, 15) is 8.78 Å². The maximum absolute atomic E-state index is 11.7. The second-order valence-corrected chi connectivity index (χ2v) is 2.38. The number of aryl methyl sites for hydroxylation is 1. The molecule has 0 aliphatic carbocycles. The summed E-state index contributed by atoms with van der Waals surface area (Å²) in [6.07, 6.45) is -1.03. The lowest BCUT2D eigenvalue weighted by atomic mass is 10.4. The molecule has 5 heteroatoms. The van der Waals surface area contributed by atoms with E-state index in [0.717, 1.165) is 5.69 Å². The first-order valence-corrected chi connectivity index (χ1v) is 3.58. The van der Waals surface area contributed by atoms with E-state index in [4.69, 9.17) is 4.42 Å². The highest BCUT2D eigenvalue weighted by atomic mass is 19.3. The minimum absolute atomic E-state index is 0.302. The number of nitrogens with zero attached hydrogens (tertiary/aromatic N) is 1. The Hall–Kier alpha value is -0.970. The summed E-state index contributed by atoms with van der Waals surface area (Å²) in [6.45, 7) is 1.75. The SMILES string of the molecule is Cc1ncoc1CNCC(F)F. The van der Waals surface area contributed by atoms with Crippen LogP contribution in [0.5, 0.6) is 0 Å². The molecule has 0 aromatic carbocycles. The van der Waals surface area contributed by atoms with Gasteiger partial charge in [-0.05, 0) is 6.92 Å². The van der Waals surface area contributed by atoms with Crippen molar-refractivity contribution in [2.45, 2.75) is 19.9 Å². The Kier molecular flexibility index (Phi) is 3.16. The Bertz CT molecular complexity index is 237. The van der Waals surface area contributed by atoms with Crippen LogP contribution >= 0.6 is 0 Å². The summed E-state index contributed by atoms with van der Waals surface area (Å²) >= 11 is 0.